The molecule has 1 unspecified atom stereocenters. The number of hydrogen-bond acceptors (Lipinski definition) is 2. The van der Waals surface area contributed by atoms with E-state index in [0.29, 0.717) is 18.5 Å². The summed E-state index contributed by atoms with van der Waals surface area (Å²) in [7, 11) is 0. The lowest BCUT2D eigenvalue weighted by molar-refractivity contribution is 0.405. The average Bonchev–Trinajstić information content (AvgIpc) is 2.23. The molecule has 0 fully saturated rings. The summed E-state index contributed by atoms with van der Waals surface area (Å²) >= 11 is 9.40. The molecule has 2 nitrogen and oxygen atoms in total. The highest BCUT2D eigenvalue weighted by molar-refractivity contribution is 9.10. The highest BCUT2D eigenvalue weighted by Crippen LogP contribution is 2.23. The first kappa shape index (κ1) is 14.0. The lowest BCUT2D eigenvalue weighted by atomic mass is 10.0. The molecule has 1 rings (SSSR count). The van der Waals surface area contributed by atoms with Crippen molar-refractivity contribution < 1.29 is 0 Å². The van der Waals surface area contributed by atoms with E-state index in [4.69, 9.17) is 17.3 Å². The molecule has 1 aromatic carbocycles. The minimum Gasteiger partial charge on any atom is -0.329 e. The van der Waals surface area contributed by atoms with Gasteiger partial charge in [-0.15, -0.1) is 0 Å². The number of halogens is 2. The Labute approximate surface area is 111 Å². The van der Waals surface area contributed by atoms with Crippen molar-refractivity contribution >= 4 is 27.5 Å². The van der Waals surface area contributed by atoms with E-state index in [9.17, 15) is 0 Å². The Balaban J connectivity index is 2.57. The van der Waals surface area contributed by atoms with Crippen LogP contribution in [0, 0.1) is 5.92 Å². The van der Waals surface area contributed by atoms with Crippen molar-refractivity contribution in [3.8, 4) is 0 Å². The van der Waals surface area contributed by atoms with Crippen molar-refractivity contribution in [2.24, 2.45) is 11.7 Å². The molecule has 0 aliphatic carbocycles. The largest absolute Gasteiger partial charge is 0.329 e. The van der Waals surface area contributed by atoms with E-state index in [-0.39, 0.29) is 0 Å². The predicted octanol–water partition coefficient (Wildman–Crippen LogP) is 3.18. The molecule has 90 valence electrons. The van der Waals surface area contributed by atoms with Crippen LogP contribution in [0.2, 0.25) is 5.02 Å². The van der Waals surface area contributed by atoms with E-state index in [0.717, 1.165) is 16.0 Å². The average molecular weight is 306 g/mol. The molecule has 0 aliphatic heterocycles. The van der Waals surface area contributed by atoms with Gasteiger partial charge in [-0.2, -0.15) is 0 Å². The smallest absolute Gasteiger partial charge is 0.0551 e. The monoisotopic (exact) mass is 304 g/mol. The number of hydrogen-bond donors (Lipinski definition) is 2. The van der Waals surface area contributed by atoms with E-state index in [1.54, 1.807) is 0 Å². The van der Waals surface area contributed by atoms with E-state index < -0.39 is 0 Å². The summed E-state index contributed by atoms with van der Waals surface area (Å²) < 4.78 is 0.928. The highest BCUT2D eigenvalue weighted by Gasteiger charge is 2.10. The summed E-state index contributed by atoms with van der Waals surface area (Å²) in [4.78, 5) is 0. The van der Waals surface area contributed by atoms with Crippen molar-refractivity contribution in [3.63, 3.8) is 0 Å². The zero-order valence-electron chi connectivity index (χ0n) is 9.63. The zero-order valence-corrected chi connectivity index (χ0v) is 12.0. The van der Waals surface area contributed by atoms with Crippen molar-refractivity contribution in [1.29, 1.82) is 0 Å². The molecule has 1 aromatic rings. The van der Waals surface area contributed by atoms with Crippen molar-refractivity contribution in [1.82, 2.24) is 5.32 Å². The second-order valence-electron chi connectivity index (χ2n) is 4.22. The van der Waals surface area contributed by atoms with E-state index >= 15 is 0 Å². The van der Waals surface area contributed by atoms with Gasteiger partial charge in [0.15, 0.2) is 0 Å². The van der Waals surface area contributed by atoms with E-state index in [1.165, 1.54) is 5.56 Å². The Bertz CT molecular complexity index is 342. The molecule has 16 heavy (non-hydrogen) atoms. The van der Waals surface area contributed by atoms with Gasteiger partial charge in [-0.05, 0) is 39.5 Å². The van der Waals surface area contributed by atoms with Gasteiger partial charge in [0.1, 0.15) is 0 Å². The van der Waals surface area contributed by atoms with Gasteiger partial charge in [-0.3, -0.25) is 0 Å². The zero-order chi connectivity index (χ0) is 12.1. The molecule has 4 heteroatoms. The van der Waals surface area contributed by atoms with Gasteiger partial charge in [0, 0.05) is 23.6 Å². The lowest BCUT2D eigenvalue weighted by Crippen LogP contribution is -2.39. The second-order valence-corrected chi connectivity index (χ2v) is 5.48. The first-order chi connectivity index (χ1) is 7.54. The summed E-state index contributed by atoms with van der Waals surface area (Å²) in [6, 6.07) is 6.33. The normalized spacial score (nSPS) is 13.1. The van der Waals surface area contributed by atoms with Crippen LogP contribution in [0.4, 0.5) is 0 Å². The molecule has 0 saturated heterocycles. The van der Waals surface area contributed by atoms with Gasteiger partial charge in [0.25, 0.3) is 0 Å². The van der Waals surface area contributed by atoms with Crippen LogP contribution in [0.3, 0.4) is 0 Å². The van der Waals surface area contributed by atoms with Crippen LogP contribution >= 0.6 is 27.5 Å². The van der Waals surface area contributed by atoms with Crippen LogP contribution in [0.15, 0.2) is 22.7 Å². The summed E-state index contributed by atoms with van der Waals surface area (Å²) in [5.74, 6) is 0.538. The molecule has 0 saturated carbocycles. The lowest BCUT2D eigenvalue weighted by Gasteiger charge is -2.20. The molecular weight excluding hydrogens is 288 g/mol. The first-order valence-electron chi connectivity index (χ1n) is 5.42. The Morgan fingerprint density at radius 2 is 2.12 bits per heavy atom. The molecule has 0 amide bonds. The Kier molecular flexibility index (Phi) is 5.76. The summed E-state index contributed by atoms with van der Waals surface area (Å²) in [5, 5.41) is 4.18. The second kappa shape index (κ2) is 6.60. The fourth-order valence-corrected chi connectivity index (χ4v) is 1.94. The maximum atomic E-state index is 6.03. The van der Waals surface area contributed by atoms with Crippen LogP contribution in [0.25, 0.3) is 0 Å². The quantitative estimate of drug-likeness (QED) is 0.877. The number of nitrogens with one attached hydrogen (secondary N) is 1. The van der Waals surface area contributed by atoms with Crippen LogP contribution in [0.5, 0.6) is 0 Å². The summed E-state index contributed by atoms with van der Waals surface area (Å²) in [6.07, 6.45) is 0. The maximum absolute atomic E-state index is 6.03. The van der Waals surface area contributed by atoms with Crippen molar-refractivity contribution in [2.45, 2.75) is 26.4 Å². The highest BCUT2D eigenvalue weighted by atomic mass is 79.9. The van der Waals surface area contributed by atoms with Gasteiger partial charge in [-0.1, -0.05) is 31.5 Å². The maximum Gasteiger partial charge on any atom is 0.0551 e. The molecule has 0 heterocycles. The van der Waals surface area contributed by atoms with Gasteiger partial charge in [0.2, 0.25) is 0 Å². The number of benzene rings is 1. The Hall–Kier alpha value is -0.0900. The van der Waals surface area contributed by atoms with Gasteiger partial charge >= 0.3 is 0 Å². The van der Waals surface area contributed by atoms with Gasteiger partial charge in [-0.25, -0.2) is 0 Å². The topological polar surface area (TPSA) is 38.0 Å². The Morgan fingerprint density at radius 1 is 1.44 bits per heavy atom. The molecule has 0 bridgehead atoms. The third-order valence-corrected chi connectivity index (χ3v) is 3.84. The Morgan fingerprint density at radius 3 is 2.62 bits per heavy atom. The number of nitrogens with two attached hydrogens (primary N) is 1. The standard InChI is InChI=1S/C12H18BrClN2/c1-8(2)12(6-15)16-7-9-3-4-10(13)11(14)5-9/h3-5,8,12,16H,6-7,15H2,1-2H3. The van der Waals surface area contributed by atoms with Crippen LogP contribution < -0.4 is 11.1 Å². The van der Waals surface area contributed by atoms with Crippen LogP contribution in [0.1, 0.15) is 19.4 Å². The molecule has 0 radical (unpaired) electrons. The molecular formula is C12H18BrClN2. The third-order valence-electron chi connectivity index (χ3n) is 2.61. The third kappa shape index (κ3) is 4.06. The van der Waals surface area contributed by atoms with E-state index in [2.05, 4.69) is 41.2 Å². The first-order valence-corrected chi connectivity index (χ1v) is 6.59. The van der Waals surface area contributed by atoms with Gasteiger partial charge < -0.3 is 11.1 Å². The molecule has 3 N–H and O–H groups in total. The van der Waals surface area contributed by atoms with Gasteiger partial charge in [0.05, 0.1) is 5.02 Å². The van der Waals surface area contributed by atoms with Crippen molar-refractivity contribution in [2.75, 3.05) is 6.54 Å². The molecule has 0 aromatic heterocycles. The summed E-state index contributed by atoms with van der Waals surface area (Å²) in [6.45, 7) is 5.78. The molecule has 1 atom stereocenters. The van der Waals surface area contributed by atoms with E-state index in [1.807, 2.05) is 12.1 Å². The minimum atomic E-state index is 0.349. The SMILES string of the molecule is CC(C)C(CN)NCc1ccc(Br)c(Cl)c1. The fraction of sp³-hybridized carbons (Fsp3) is 0.500. The fourth-order valence-electron chi connectivity index (χ4n) is 1.49. The minimum absolute atomic E-state index is 0.349. The van der Waals surface area contributed by atoms with Crippen LogP contribution in [-0.2, 0) is 6.54 Å². The molecule has 0 aliphatic rings. The van der Waals surface area contributed by atoms with Crippen LogP contribution in [-0.4, -0.2) is 12.6 Å². The number of rotatable bonds is 5. The van der Waals surface area contributed by atoms with Crippen molar-refractivity contribution in [3.05, 3.63) is 33.3 Å². The predicted molar refractivity (Wildman–Crippen MR) is 73.7 cm³/mol. The summed E-state index contributed by atoms with van der Waals surface area (Å²) in [5.41, 5.74) is 6.87. The molecule has 0 spiro atoms.